The highest BCUT2D eigenvalue weighted by Gasteiger charge is 2.08. The van der Waals surface area contributed by atoms with E-state index in [1.54, 1.807) is 0 Å². The van der Waals surface area contributed by atoms with Crippen molar-refractivity contribution in [1.29, 1.82) is 0 Å². The molecule has 1 aromatic carbocycles. The average molecular weight is 269 g/mol. The maximum Gasteiger partial charge on any atom is 0.154 e. The van der Waals surface area contributed by atoms with Crippen molar-refractivity contribution in [3.8, 4) is 11.5 Å². The van der Waals surface area contributed by atoms with Gasteiger partial charge in [0, 0.05) is 6.54 Å². The SMILES string of the molecule is C[Si](C)(C)C#Cc1cn(CCc2ccccc2)nn1. The van der Waals surface area contributed by atoms with Gasteiger partial charge >= 0.3 is 0 Å². The van der Waals surface area contributed by atoms with Gasteiger partial charge in [0.25, 0.3) is 0 Å². The second kappa shape index (κ2) is 5.85. The first kappa shape index (κ1) is 13.6. The molecule has 1 heterocycles. The van der Waals surface area contributed by atoms with Crippen LogP contribution < -0.4 is 0 Å². The molecule has 0 unspecified atom stereocenters. The molecule has 0 saturated carbocycles. The fraction of sp³-hybridized carbons (Fsp3) is 0.333. The molecule has 98 valence electrons. The molecule has 0 amide bonds. The third-order valence-corrected chi connectivity index (χ3v) is 3.45. The van der Waals surface area contributed by atoms with Gasteiger partial charge in [-0.2, -0.15) is 0 Å². The third-order valence-electron chi connectivity index (χ3n) is 2.58. The van der Waals surface area contributed by atoms with Gasteiger partial charge in [0.2, 0.25) is 0 Å². The summed E-state index contributed by atoms with van der Waals surface area (Å²) in [5.74, 6) is 3.12. The van der Waals surface area contributed by atoms with Crippen LogP contribution in [0.1, 0.15) is 11.3 Å². The number of aryl methyl sites for hydroxylation is 2. The van der Waals surface area contributed by atoms with Gasteiger partial charge in [-0.05, 0) is 12.0 Å². The zero-order valence-corrected chi connectivity index (χ0v) is 12.7. The van der Waals surface area contributed by atoms with E-state index < -0.39 is 8.07 Å². The smallest absolute Gasteiger partial charge is 0.154 e. The minimum Gasteiger partial charge on any atom is -0.251 e. The Kier molecular flexibility index (Phi) is 4.18. The fourth-order valence-corrected chi connectivity index (χ4v) is 2.11. The van der Waals surface area contributed by atoms with Gasteiger partial charge in [0.05, 0.1) is 6.20 Å². The van der Waals surface area contributed by atoms with Crippen molar-refractivity contribution >= 4 is 8.07 Å². The lowest BCUT2D eigenvalue weighted by Crippen LogP contribution is -2.16. The molecule has 0 radical (unpaired) electrons. The van der Waals surface area contributed by atoms with Gasteiger partial charge in [-0.15, -0.1) is 10.6 Å². The predicted molar refractivity (Wildman–Crippen MR) is 80.4 cm³/mol. The van der Waals surface area contributed by atoms with Gasteiger partial charge in [-0.3, -0.25) is 4.68 Å². The van der Waals surface area contributed by atoms with E-state index >= 15 is 0 Å². The standard InChI is InChI=1S/C15H19N3Si/c1-19(2,3)12-10-15-13-18(17-16-15)11-9-14-7-5-4-6-8-14/h4-8,13H,9,11H2,1-3H3. The van der Waals surface area contributed by atoms with E-state index in [1.807, 2.05) is 16.9 Å². The molecule has 0 fully saturated rings. The summed E-state index contributed by atoms with van der Waals surface area (Å²) in [6.07, 6.45) is 2.89. The van der Waals surface area contributed by atoms with E-state index in [4.69, 9.17) is 0 Å². The first-order valence-corrected chi connectivity index (χ1v) is 10.0. The Bertz CT molecular complexity index is 585. The lowest BCUT2D eigenvalue weighted by Gasteiger charge is -2.02. The lowest BCUT2D eigenvalue weighted by atomic mass is 10.1. The summed E-state index contributed by atoms with van der Waals surface area (Å²) in [5, 5.41) is 8.20. The summed E-state index contributed by atoms with van der Waals surface area (Å²) in [4.78, 5) is 0. The number of aromatic nitrogens is 3. The molecule has 2 rings (SSSR count). The van der Waals surface area contributed by atoms with E-state index in [9.17, 15) is 0 Å². The number of benzene rings is 1. The lowest BCUT2D eigenvalue weighted by molar-refractivity contribution is 0.589. The normalized spacial score (nSPS) is 10.9. The van der Waals surface area contributed by atoms with Crippen LogP contribution in [0, 0.1) is 11.5 Å². The Morgan fingerprint density at radius 2 is 1.89 bits per heavy atom. The van der Waals surface area contributed by atoms with Crippen molar-refractivity contribution in [2.75, 3.05) is 0 Å². The predicted octanol–water partition coefficient (Wildman–Crippen LogP) is 2.75. The summed E-state index contributed by atoms with van der Waals surface area (Å²) >= 11 is 0. The molecule has 3 nitrogen and oxygen atoms in total. The molecule has 0 N–H and O–H groups in total. The van der Waals surface area contributed by atoms with Gasteiger partial charge in [0.1, 0.15) is 8.07 Å². The highest BCUT2D eigenvalue weighted by atomic mass is 28.3. The zero-order chi connectivity index (χ0) is 13.7. The van der Waals surface area contributed by atoms with Crippen molar-refractivity contribution in [3.05, 3.63) is 47.8 Å². The minimum absolute atomic E-state index is 0.774. The van der Waals surface area contributed by atoms with Crippen LogP contribution in [0.5, 0.6) is 0 Å². The van der Waals surface area contributed by atoms with Crippen LogP contribution >= 0.6 is 0 Å². The zero-order valence-electron chi connectivity index (χ0n) is 11.7. The maximum absolute atomic E-state index is 4.11. The Balaban J connectivity index is 1.96. The summed E-state index contributed by atoms with van der Waals surface area (Å²) in [5.41, 5.74) is 5.38. The Hall–Kier alpha value is -1.86. The topological polar surface area (TPSA) is 30.7 Å². The third kappa shape index (κ3) is 4.72. The molecule has 0 aliphatic heterocycles. The molecule has 0 spiro atoms. The van der Waals surface area contributed by atoms with Crippen LogP contribution in [0.3, 0.4) is 0 Å². The van der Waals surface area contributed by atoms with Crippen LogP contribution in [0.25, 0.3) is 0 Å². The molecule has 19 heavy (non-hydrogen) atoms. The van der Waals surface area contributed by atoms with E-state index in [0.717, 1.165) is 18.7 Å². The Labute approximate surface area is 115 Å². The van der Waals surface area contributed by atoms with Crippen molar-refractivity contribution in [3.63, 3.8) is 0 Å². The van der Waals surface area contributed by atoms with Crippen LogP contribution in [0.4, 0.5) is 0 Å². The number of nitrogens with zero attached hydrogens (tertiary/aromatic N) is 3. The molecular weight excluding hydrogens is 250 g/mol. The van der Waals surface area contributed by atoms with Crippen molar-refractivity contribution in [2.45, 2.75) is 32.6 Å². The number of hydrogen-bond donors (Lipinski definition) is 0. The van der Waals surface area contributed by atoms with Gasteiger partial charge in [-0.25, -0.2) is 0 Å². The fourth-order valence-electron chi connectivity index (χ4n) is 1.60. The summed E-state index contributed by atoms with van der Waals surface area (Å²) in [6, 6.07) is 10.4. The second-order valence-electron chi connectivity index (χ2n) is 5.60. The van der Waals surface area contributed by atoms with E-state index in [-0.39, 0.29) is 0 Å². The molecule has 2 aromatic rings. The molecule has 0 aliphatic carbocycles. The van der Waals surface area contributed by atoms with Crippen LogP contribution in [-0.2, 0) is 13.0 Å². The van der Waals surface area contributed by atoms with Crippen LogP contribution in [0.15, 0.2) is 36.5 Å². The second-order valence-corrected chi connectivity index (χ2v) is 10.4. The molecule has 0 saturated heterocycles. The number of rotatable bonds is 3. The molecule has 4 heteroatoms. The summed E-state index contributed by atoms with van der Waals surface area (Å²) in [7, 11) is -1.34. The highest BCUT2D eigenvalue weighted by molar-refractivity contribution is 6.83. The largest absolute Gasteiger partial charge is 0.251 e. The van der Waals surface area contributed by atoms with E-state index in [2.05, 4.69) is 65.7 Å². The quantitative estimate of drug-likeness (QED) is 0.633. The van der Waals surface area contributed by atoms with Crippen LogP contribution in [0.2, 0.25) is 19.6 Å². The first-order chi connectivity index (χ1) is 9.03. The van der Waals surface area contributed by atoms with E-state index in [0.29, 0.717) is 0 Å². The van der Waals surface area contributed by atoms with Gasteiger partial charge in [-0.1, -0.05) is 61.1 Å². The summed E-state index contributed by atoms with van der Waals surface area (Å²) < 4.78 is 1.86. The van der Waals surface area contributed by atoms with Crippen molar-refractivity contribution < 1.29 is 0 Å². The van der Waals surface area contributed by atoms with E-state index in [1.165, 1.54) is 5.56 Å². The van der Waals surface area contributed by atoms with Gasteiger partial charge < -0.3 is 0 Å². The Morgan fingerprint density at radius 3 is 2.58 bits per heavy atom. The minimum atomic E-state index is -1.34. The van der Waals surface area contributed by atoms with Crippen LogP contribution in [-0.4, -0.2) is 23.1 Å². The average Bonchev–Trinajstić information content (AvgIpc) is 2.82. The molecule has 0 bridgehead atoms. The molecular formula is C15H19N3Si. The van der Waals surface area contributed by atoms with Crippen molar-refractivity contribution in [2.24, 2.45) is 0 Å². The molecule has 0 aliphatic rings. The monoisotopic (exact) mass is 269 g/mol. The van der Waals surface area contributed by atoms with Gasteiger partial charge in [0.15, 0.2) is 5.69 Å². The first-order valence-electron chi connectivity index (χ1n) is 6.50. The number of hydrogen-bond acceptors (Lipinski definition) is 2. The summed E-state index contributed by atoms with van der Waals surface area (Å²) in [6.45, 7) is 7.51. The maximum atomic E-state index is 4.11. The Morgan fingerprint density at radius 1 is 1.16 bits per heavy atom. The van der Waals surface area contributed by atoms with Crippen molar-refractivity contribution in [1.82, 2.24) is 15.0 Å². The highest BCUT2D eigenvalue weighted by Crippen LogP contribution is 2.02. The molecule has 0 atom stereocenters. The molecule has 1 aromatic heterocycles.